The van der Waals surface area contributed by atoms with Gasteiger partial charge in [0, 0.05) is 0 Å². The van der Waals surface area contributed by atoms with Crippen molar-refractivity contribution in [2.45, 2.75) is 31.8 Å². The summed E-state index contributed by atoms with van der Waals surface area (Å²) in [6.07, 6.45) is 2.01. The summed E-state index contributed by atoms with van der Waals surface area (Å²) in [5, 5.41) is 2.84. The number of hydrogen-bond donors (Lipinski definition) is 1. The zero-order chi connectivity index (χ0) is 14.3. The fourth-order valence-corrected chi connectivity index (χ4v) is 2.70. The van der Waals surface area contributed by atoms with Gasteiger partial charge in [-0.05, 0) is 37.8 Å². The first kappa shape index (κ1) is 13.0. The van der Waals surface area contributed by atoms with Gasteiger partial charge in [-0.25, -0.2) is 0 Å². The predicted molar refractivity (Wildman–Crippen MR) is 74.6 cm³/mol. The number of rotatable bonds is 3. The summed E-state index contributed by atoms with van der Waals surface area (Å²) in [6.45, 7) is 1.74. The number of nitrogens with one attached hydrogen (secondary N) is 1. The molecule has 1 saturated carbocycles. The van der Waals surface area contributed by atoms with Crippen LogP contribution < -0.4 is 15.0 Å². The summed E-state index contributed by atoms with van der Waals surface area (Å²) >= 11 is 0. The molecule has 5 nitrogen and oxygen atoms in total. The SMILES string of the molecule is COc1ccccc1N1C(=O)C(C2CC2)NC(=O)C1C. The summed E-state index contributed by atoms with van der Waals surface area (Å²) in [4.78, 5) is 26.4. The monoisotopic (exact) mass is 274 g/mol. The van der Waals surface area contributed by atoms with E-state index in [9.17, 15) is 9.59 Å². The molecule has 2 amide bonds. The first-order valence-electron chi connectivity index (χ1n) is 6.90. The van der Waals surface area contributed by atoms with Crippen LogP contribution in [-0.4, -0.2) is 31.0 Å². The molecule has 2 unspecified atom stereocenters. The maximum atomic E-state index is 12.7. The van der Waals surface area contributed by atoms with Crippen molar-refractivity contribution in [2.75, 3.05) is 12.0 Å². The van der Waals surface area contributed by atoms with Gasteiger partial charge in [0.25, 0.3) is 5.91 Å². The summed E-state index contributed by atoms with van der Waals surface area (Å²) in [5.41, 5.74) is 0.660. The first-order valence-corrected chi connectivity index (χ1v) is 6.90. The average molecular weight is 274 g/mol. The van der Waals surface area contributed by atoms with Crippen molar-refractivity contribution in [2.24, 2.45) is 5.92 Å². The average Bonchev–Trinajstić information content (AvgIpc) is 3.28. The number of amides is 2. The van der Waals surface area contributed by atoms with Crippen LogP contribution in [0.5, 0.6) is 5.75 Å². The number of anilines is 1. The molecule has 2 aliphatic rings. The van der Waals surface area contributed by atoms with Gasteiger partial charge in [0.05, 0.1) is 12.8 Å². The van der Waals surface area contributed by atoms with Crippen molar-refractivity contribution < 1.29 is 14.3 Å². The lowest BCUT2D eigenvalue weighted by Gasteiger charge is -2.38. The van der Waals surface area contributed by atoms with E-state index in [1.807, 2.05) is 18.2 Å². The number of carbonyl (C=O) groups excluding carboxylic acids is 2. The number of hydrogen-bond acceptors (Lipinski definition) is 3. The van der Waals surface area contributed by atoms with Crippen LogP contribution >= 0.6 is 0 Å². The smallest absolute Gasteiger partial charge is 0.250 e. The minimum atomic E-state index is -0.520. The molecule has 1 aromatic rings. The highest BCUT2D eigenvalue weighted by Gasteiger charge is 2.46. The lowest BCUT2D eigenvalue weighted by molar-refractivity contribution is -0.134. The summed E-state index contributed by atoms with van der Waals surface area (Å²) < 4.78 is 5.32. The summed E-state index contributed by atoms with van der Waals surface area (Å²) in [7, 11) is 1.57. The van der Waals surface area contributed by atoms with Gasteiger partial charge in [0.15, 0.2) is 0 Å². The number of nitrogens with zero attached hydrogens (tertiary/aromatic N) is 1. The normalized spacial score (nSPS) is 26.4. The molecule has 1 aliphatic carbocycles. The van der Waals surface area contributed by atoms with Crippen LogP contribution in [0, 0.1) is 5.92 Å². The second-order valence-electron chi connectivity index (χ2n) is 5.38. The third-order valence-electron chi connectivity index (χ3n) is 4.01. The van der Waals surface area contributed by atoms with Crippen molar-refractivity contribution in [3.8, 4) is 5.75 Å². The Kier molecular flexibility index (Phi) is 3.12. The molecule has 1 N–H and O–H groups in total. The molecule has 1 saturated heterocycles. The molecule has 2 atom stereocenters. The molecule has 106 valence electrons. The van der Waals surface area contributed by atoms with E-state index in [1.165, 1.54) is 0 Å². The molecule has 20 heavy (non-hydrogen) atoms. The summed E-state index contributed by atoms with van der Waals surface area (Å²) in [6, 6.07) is 6.40. The van der Waals surface area contributed by atoms with Gasteiger partial charge in [-0.3, -0.25) is 14.5 Å². The zero-order valence-corrected chi connectivity index (χ0v) is 11.6. The molecule has 0 bridgehead atoms. The Labute approximate surface area is 117 Å². The van der Waals surface area contributed by atoms with Crippen LogP contribution in [0.4, 0.5) is 5.69 Å². The van der Waals surface area contributed by atoms with Crippen LogP contribution in [0.25, 0.3) is 0 Å². The van der Waals surface area contributed by atoms with Crippen molar-refractivity contribution in [1.29, 1.82) is 0 Å². The van der Waals surface area contributed by atoms with E-state index in [4.69, 9.17) is 4.74 Å². The van der Waals surface area contributed by atoms with Crippen molar-refractivity contribution in [1.82, 2.24) is 5.32 Å². The van der Waals surface area contributed by atoms with Crippen LogP contribution in [0.3, 0.4) is 0 Å². The maximum Gasteiger partial charge on any atom is 0.250 e. The van der Waals surface area contributed by atoms with Crippen LogP contribution in [0.15, 0.2) is 24.3 Å². The van der Waals surface area contributed by atoms with Gasteiger partial charge < -0.3 is 10.1 Å². The van der Waals surface area contributed by atoms with Crippen LogP contribution in [-0.2, 0) is 9.59 Å². The Balaban J connectivity index is 1.99. The number of piperazine rings is 1. The second-order valence-corrected chi connectivity index (χ2v) is 5.38. The number of methoxy groups -OCH3 is 1. The molecule has 1 heterocycles. The molecule has 0 aromatic heterocycles. The second kappa shape index (κ2) is 4.81. The number of benzene rings is 1. The number of ether oxygens (including phenoxy) is 1. The highest BCUT2D eigenvalue weighted by atomic mass is 16.5. The Hall–Kier alpha value is -2.04. The number of para-hydroxylation sites is 2. The van der Waals surface area contributed by atoms with Gasteiger partial charge in [-0.1, -0.05) is 12.1 Å². The van der Waals surface area contributed by atoms with E-state index < -0.39 is 6.04 Å². The van der Waals surface area contributed by atoms with Crippen molar-refractivity contribution >= 4 is 17.5 Å². The Morgan fingerprint density at radius 3 is 2.60 bits per heavy atom. The van der Waals surface area contributed by atoms with Crippen molar-refractivity contribution in [3.63, 3.8) is 0 Å². The third-order valence-corrected chi connectivity index (χ3v) is 4.01. The van der Waals surface area contributed by atoms with E-state index in [-0.39, 0.29) is 23.8 Å². The Morgan fingerprint density at radius 2 is 1.95 bits per heavy atom. The van der Waals surface area contributed by atoms with Gasteiger partial charge in [0.2, 0.25) is 5.91 Å². The molecular formula is C15H18N2O3. The molecule has 3 rings (SSSR count). The van der Waals surface area contributed by atoms with E-state index >= 15 is 0 Å². The lowest BCUT2D eigenvalue weighted by Crippen LogP contribution is -2.63. The third kappa shape index (κ3) is 2.03. The van der Waals surface area contributed by atoms with Crippen molar-refractivity contribution in [3.05, 3.63) is 24.3 Å². The van der Waals surface area contributed by atoms with Gasteiger partial charge in [-0.2, -0.15) is 0 Å². The lowest BCUT2D eigenvalue weighted by atomic mass is 10.0. The summed E-state index contributed by atoms with van der Waals surface area (Å²) in [5.74, 6) is 0.754. The highest BCUT2D eigenvalue weighted by molar-refractivity contribution is 6.09. The molecule has 5 heteroatoms. The number of carbonyl (C=O) groups is 2. The van der Waals surface area contributed by atoms with Crippen LogP contribution in [0.2, 0.25) is 0 Å². The van der Waals surface area contributed by atoms with E-state index in [2.05, 4.69) is 5.32 Å². The van der Waals surface area contributed by atoms with Gasteiger partial charge >= 0.3 is 0 Å². The zero-order valence-electron chi connectivity index (χ0n) is 11.6. The molecule has 2 fully saturated rings. The molecule has 0 spiro atoms. The fraction of sp³-hybridized carbons (Fsp3) is 0.467. The van der Waals surface area contributed by atoms with Gasteiger partial charge in [0.1, 0.15) is 17.8 Å². The molecule has 1 aliphatic heterocycles. The van der Waals surface area contributed by atoms with E-state index in [0.29, 0.717) is 11.4 Å². The Bertz CT molecular complexity index is 554. The van der Waals surface area contributed by atoms with Crippen LogP contribution in [0.1, 0.15) is 19.8 Å². The largest absolute Gasteiger partial charge is 0.495 e. The van der Waals surface area contributed by atoms with E-state index in [1.54, 1.807) is 25.0 Å². The maximum absolute atomic E-state index is 12.7. The Morgan fingerprint density at radius 1 is 1.25 bits per heavy atom. The molecule has 0 radical (unpaired) electrons. The van der Waals surface area contributed by atoms with E-state index in [0.717, 1.165) is 12.8 Å². The highest BCUT2D eigenvalue weighted by Crippen LogP contribution is 2.38. The minimum Gasteiger partial charge on any atom is -0.495 e. The van der Waals surface area contributed by atoms with Gasteiger partial charge in [-0.15, -0.1) is 0 Å². The quantitative estimate of drug-likeness (QED) is 0.904. The first-order chi connectivity index (χ1) is 9.63. The molecular weight excluding hydrogens is 256 g/mol. The topological polar surface area (TPSA) is 58.6 Å². The minimum absolute atomic E-state index is 0.0379. The standard InChI is InChI=1S/C15H18N2O3/c1-9-14(18)16-13(10-7-8-10)15(19)17(9)11-5-3-4-6-12(11)20-2/h3-6,9-10,13H,7-8H2,1-2H3,(H,16,18). The fourth-order valence-electron chi connectivity index (χ4n) is 2.70. The predicted octanol–water partition coefficient (Wildman–Crippen LogP) is 1.33. The molecule has 1 aromatic carbocycles.